The summed E-state index contributed by atoms with van der Waals surface area (Å²) < 4.78 is 4.84. The van der Waals surface area contributed by atoms with E-state index >= 15 is 0 Å². The summed E-state index contributed by atoms with van der Waals surface area (Å²) in [6.07, 6.45) is 0. The summed E-state index contributed by atoms with van der Waals surface area (Å²) in [7, 11) is 0. The maximum atomic E-state index is 2.42. The summed E-state index contributed by atoms with van der Waals surface area (Å²) in [6.45, 7) is 4.38. The molecule has 0 saturated carbocycles. The minimum Gasteiger partial charge on any atom is -0.309 e. The Morgan fingerprint density at radius 2 is 0.547 bits per heavy atom. The highest BCUT2D eigenvalue weighted by atomic mass is 15.0. The number of hydrogen-bond donors (Lipinski definition) is 0. The Kier molecular flexibility index (Phi) is 8.98. The molecule has 12 aromatic rings. The fourth-order valence-corrected chi connectivity index (χ4v) is 10.1. The number of hydrogen-bond acceptors (Lipinski definition) is 0. The van der Waals surface area contributed by atoms with Gasteiger partial charge in [0.05, 0.1) is 22.1 Å². The lowest BCUT2D eigenvalue weighted by atomic mass is 9.89. The highest BCUT2D eigenvalue weighted by Gasteiger charge is 2.18. The number of fused-ring (bicyclic) bond motifs is 6. The highest BCUT2D eigenvalue weighted by molar-refractivity contribution is 6.11. The Labute approximate surface area is 373 Å². The van der Waals surface area contributed by atoms with E-state index in [0.29, 0.717) is 0 Å². The van der Waals surface area contributed by atoms with Crippen LogP contribution in [0.25, 0.3) is 111 Å². The molecule has 64 heavy (non-hydrogen) atoms. The van der Waals surface area contributed by atoms with Crippen LogP contribution in [0, 0.1) is 13.8 Å². The molecule has 2 nitrogen and oxygen atoms in total. The molecular formula is C62H44N2. The van der Waals surface area contributed by atoms with E-state index in [1.165, 1.54) is 110 Å². The molecule has 0 aliphatic carbocycles. The Morgan fingerprint density at radius 1 is 0.234 bits per heavy atom. The summed E-state index contributed by atoms with van der Waals surface area (Å²) in [4.78, 5) is 0. The largest absolute Gasteiger partial charge is 0.309 e. The number of rotatable bonds is 7. The SMILES string of the molecule is Cc1ccccc1-c1ccc2c3ccccc3n(-c3ccc(-c4ccccc4-c4ccccc4-c4ccc(-n5c6ccccc6c6ccc(-c7ccccc7C)cc65)cc4)cc3)c2c1. The van der Waals surface area contributed by atoms with Crippen LogP contribution in [0.3, 0.4) is 0 Å². The lowest BCUT2D eigenvalue weighted by molar-refractivity contribution is 1.18. The zero-order valence-corrected chi connectivity index (χ0v) is 35.8. The predicted octanol–water partition coefficient (Wildman–Crippen LogP) is 16.8. The first-order valence-corrected chi connectivity index (χ1v) is 22.2. The zero-order chi connectivity index (χ0) is 42.7. The molecule has 2 aromatic heterocycles. The first-order valence-electron chi connectivity index (χ1n) is 22.2. The molecule has 0 aliphatic rings. The number of benzene rings is 10. The molecule has 0 bridgehead atoms. The molecule has 2 heterocycles. The van der Waals surface area contributed by atoms with Crippen molar-refractivity contribution in [2.75, 3.05) is 0 Å². The van der Waals surface area contributed by atoms with Crippen molar-refractivity contribution in [3.05, 3.63) is 242 Å². The maximum absolute atomic E-state index is 2.42. The monoisotopic (exact) mass is 816 g/mol. The fourth-order valence-electron chi connectivity index (χ4n) is 10.1. The molecule has 0 unspecified atom stereocenters. The van der Waals surface area contributed by atoms with Gasteiger partial charge in [-0.05, 0) is 129 Å². The molecule has 0 N–H and O–H groups in total. The summed E-state index contributed by atoms with van der Waals surface area (Å²) in [5.41, 5.74) is 21.8. The summed E-state index contributed by atoms with van der Waals surface area (Å²) >= 11 is 0. The van der Waals surface area contributed by atoms with Crippen LogP contribution in [0.15, 0.2) is 231 Å². The van der Waals surface area contributed by atoms with Gasteiger partial charge in [0.2, 0.25) is 0 Å². The van der Waals surface area contributed by atoms with Gasteiger partial charge >= 0.3 is 0 Å². The average Bonchev–Trinajstić information content (AvgIpc) is 3.86. The van der Waals surface area contributed by atoms with E-state index in [2.05, 4.69) is 254 Å². The molecule has 12 rings (SSSR count). The summed E-state index contributed by atoms with van der Waals surface area (Å²) in [6, 6.07) is 84.6. The quantitative estimate of drug-likeness (QED) is 0.152. The van der Waals surface area contributed by atoms with Crippen molar-refractivity contribution in [3.8, 4) is 67.0 Å². The third-order valence-electron chi connectivity index (χ3n) is 13.3. The molecule has 2 heteroatoms. The summed E-state index contributed by atoms with van der Waals surface area (Å²) in [5.74, 6) is 0. The van der Waals surface area contributed by atoms with Crippen molar-refractivity contribution < 1.29 is 0 Å². The van der Waals surface area contributed by atoms with Gasteiger partial charge < -0.3 is 9.13 Å². The molecule has 10 aromatic carbocycles. The molecule has 0 spiro atoms. The van der Waals surface area contributed by atoms with Crippen molar-refractivity contribution in [3.63, 3.8) is 0 Å². The Hall–Kier alpha value is -8.20. The van der Waals surface area contributed by atoms with Gasteiger partial charge in [-0.3, -0.25) is 0 Å². The van der Waals surface area contributed by atoms with Crippen molar-refractivity contribution >= 4 is 43.6 Å². The molecule has 0 fully saturated rings. The van der Waals surface area contributed by atoms with Crippen LogP contribution < -0.4 is 0 Å². The van der Waals surface area contributed by atoms with Gasteiger partial charge in [-0.2, -0.15) is 0 Å². The van der Waals surface area contributed by atoms with Gasteiger partial charge in [0.25, 0.3) is 0 Å². The maximum Gasteiger partial charge on any atom is 0.0547 e. The van der Waals surface area contributed by atoms with E-state index in [1.54, 1.807) is 0 Å². The molecule has 302 valence electrons. The highest BCUT2D eigenvalue weighted by Crippen LogP contribution is 2.41. The van der Waals surface area contributed by atoms with Crippen molar-refractivity contribution in [2.45, 2.75) is 13.8 Å². The van der Waals surface area contributed by atoms with Gasteiger partial charge in [0.1, 0.15) is 0 Å². The number of nitrogens with zero attached hydrogens (tertiary/aromatic N) is 2. The topological polar surface area (TPSA) is 9.86 Å². The standard InChI is InChI=1S/C62H44N2/c1-41-15-3-5-17-49(41)45-31-37-57-55-23-11-13-25-59(55)63(61(57)39-45)47-33-27-43(28-34-47)51-19-7-9-21-53(51)54-22-10-8-20-52(54)44-29-35-48(36-30-44)64-60-26-14-12-24-56(60)58-38-32-46(40-62(58)64)50-18-6-4-16-42(50)2/h3-40H,1-2H3. The van der Waals surface area contributed by atoms with E-state index in [9.17, 15) is 0 Å². The van der Waals surface area contributed by atoms with E-state index in [4.69, 9.17) is 0 Å². The van der Waals surface area contributed by atoms with Gasteiger partial charge in [-0.25, -0.2) is 0 Å². The molecular weight excluding hydrogens is 773 g/mol. The minimum atomic E-state index is 1.14. The number of aromatic nitrogens is 2. The van der Waals surface area contributed by atoms with E-state index in [0.717, 1.165) is 11.4 Å². The van der Waals surface area contributed by atoms with Crippen LogP contribution in [0.1, 0.15) is 11.1 Å². The average molecular weight is 817 g/mol. The van der Waals surface area contributed by atoms with Gasteiger partial charge in [-0.1, -0.05) is 182 Å². The van der Waals surface area contributed by atoms with Crippen LogP contribution in [-0.2, 0) is 0 Å². The molecule has 0 saturated heterocycles. The Morgan fingerprint density at radius 3 is 0.953 bits per heavy atom. The van der Waals surface area contributed by atoms with E-state index in [-0.39, 0.29) is 0 Å². The minimum absolute atomic E-state index is 1.14. The van der Waals surface area contributed by atoms with Crippen molar-refractivity contribution in [2.24, 2.45) is 0 Å². The predicted molar refractivity (Wildman–Crippen MR) is 272 cm³/mol. The second-order valence-electron chi connectivity index (χ2n) is 17.0. The molecule has 0 radical (unpaired) electrons. The normalized spacial score (nSPS) is 11.6. The first-order chi connectivity index (χ1) is 31.6. The van der Waals surface area contributed by atoms with E-state index in [1.807, 2.05) is 0 Å². The molecule has 0 aliphatic heterocycles. The van der Waals surface area contributed by atoms with Gasteiger partial charge in [-0.15, -0.1) is 0 Å². The van der Waals surface area contributed by atoms with Crippen LogP contribution in [0.4, 0.5) is 0 Å². The van der Waals surface area contributed by atoms with Crippen LogP contribution >= 0.6 is 0 Å². The second kappa shape index (κ2) is 15.3. The summed E-state index contributed by atoms with van der Waals surface area (Å²) in [5, 5.41) is 5.04. The van der Waals surface area contributed by atoms with Gasteiger partial charge in [0.15, 0.2) is 0 Å². The lowest BCUT2D eigenvalue weighted by Gasteiger charge is -2.16. The number of aryl methyl sites for hydroxylation is 2. The lowest BCUT2D eigenvalue weighted by Crippen LogP contribution is -1.95. The molecule has 0 atom stereocenters. The third kappa shape index (κ3) is 6.18. The molecule has 0 amide bonds. The van der Waals surface area contributed by atoms with Gasteiger partial charge in [0, 0.05) is 32.9 Å². The zero-order valence-electron chi connectivity index (χ0n) is 35.8. The number of para-hydroxylation sites is 2. The van der Waals surface area contributed by atoms with Crippen molar-refractivity contribution in [1.29, 1.82) is 0 Å². The van der Waals surface area contributed by atoms with Crippen LogP contribution in [-0.4, -0.2) is 9.13 Å². The Bertz CT molecular complexity index is 3480. The first kappa shape index (κ1) is 37.6. The fraction of sp³-hybridized carbons (Fsp3) is 0.0323. The third-order valence-corrected chi connectivity index (χ3v) is 13.3. The van der Waals surface area contributed by atoms with E-state index < -0.39 is 0 Å². The Balaban J connectivity index is 0.920. The van der Waals surface area contributed by atoms with Crippen molar-refractivity contribution in [1.82, 2.24) is 9.13 Å². The smallest absolute Gasteiger partial charge is 0.0547 e. The van der Waals surface area contributed by atoms with Crippen LogP contribution in [0.2, 0.25) is 0 Å². The second-order valence-corrected chi connectivity index (χ2v) is 17.0. The van der Waals surface area contributed by atoms with Crippen LogP contribution in [0.5, 0.6) is 0 Å².